The van der Waals surface area contributed by atoms with Crippen molar-refractivity contribution >= 4 is 47.3 Å². The van der Waals surface area contributed by atoms with Gasteiger partial charge in [-0.05, 0) is 50.4 Å². The molecule has 23 rings (SSSR count). The number of aliphatic hydroxyl groups is 20. The van der Waals surface area contributed by atoms with Crippen LogP contribution in [0, 0.1) is 11.8 Å². The quantitative estimate of drug-likeness (QED) is 0.0244. The summed E-state index contributed by atoms with van der Waals surface area (Å²) >= 11 is 0. The predicted octanol–water partition coefficient (Wildman–Crippen LogP) is -16.3. The number of nitrogens with one attached hydrogen (secondary N) is 6. The number of hydrogen-bond acceptors (Lipinski definition) is 43. The number of hydrogen-bond donors (Lipinski definition) is 27. The van der Waals surface area contributed by atoms with E-state index in [1.54, 1.807) is 13.8 Å². The number of likely N-dealkylation sites (tertiary alicyclic amines) is 1. The number of amides is 7. The summed E-state index contributed by atoms with van der Waals surface area (Å²) in [5, 5.41) is 251. The molecule has 40 atom stereocenters. The summed E-state index contributed by atoms with van der Waals surface area (Å²) in [6.07, 6.45) is -74.5. The van der Waals surface area contributed by atoms with Crippen LogP contribution in [0.1, 0.15) is 79.1 Å². The molecule has 23 aliphatic rings. The fourth-order valence-corrected chi connectivity index (χ4v) is 16.0. The van der Waals surface area contributed by atoms with E-state index in [-0.39, 0.29) is 69.9 Å². The van der Waals surface area contributed by atoms with Gasteiger partial charge in [-0.1, -0.05) is 34.1 Å². The largest absolute Gasteiger partial charge is 0.480 e. The maximum atomic E-state index is 13.6. The zero-order chi connectivity index (χ0) is 90.7. The van der Waals surface area contributed by atoms with Crippen molar-refractivity contribution in [3.63, 3.8) is 0 Å². The Morgan fingerprint density at radius 1 is 0.347 bits per heavy atom. The second-order valence-electron chi connectivity index (χ2n) is 32.8. The van der Waals surface area contributed by atoms with Gasteiger partial charge in [0.2, 0.25) is 29.5 Å². The van der Waals surface area contributed by atoms with Crippen LogP contribution in [-0.2, 0) is 109 Å². The molecule has 27 N–H and O–H groups in total. The fourth-order valence-electron chi connectivity index (χ4n) is 16.0. The molecule has 0 aromatic carbocycles. The Morgan fingerprint density at radius 3 is 0.984 bits per heavy atom. The van der Waals surface area contributed by atoms with Crippen molar-refractivity contribution < 1.29 is 217 Å². The van der Waals surface area contributed by atoms with Crippen LogP contribution in [0.15, 0.2) is 0 Å². The highest BCUT2D eigenvalue weighted by molar-refractivity contribution is 5.99. The third kappa shape index (κ3) is 23.9. The second kappa shape index (κ2) is 45.3. The molecule has 51 nitrogen and oxygen atoms in total. The molecule has 0 spiro atoms. The summed E-state index contributed by atoms with van der Waals surface area (Å²) < 4.78 is 86.8. The van der Waals surface area contributed by atoms with Crippen molar-refractivity contribution in [1.29, 1.82) is 0 Å². The summed E-state index contributed by atoms with van der Waals surface area (Å²) in [5.41, 5.74) is 0. The minimum Gasteiger partial charge on any atom is -0.480 e. The van der Waals surface area contributed by atoms with Gasteiger partial charge in [-0.15, -0.1) is 0 Å². The first kappa shape index (κ1) is 101. The highest BCUT2D eigenvalue weighted by Gasteiger charge is 2.61. The Balaban J connectivity index is 0.758. The average molecular weight is 1800 g/mol. The summed E-state index contributed by atoms with van der Waals surface area (Å²) in [6, 6.07) is -3.37. The topological polar surface area (TPSA) is 779 Å². The minimum absolute atomic E-state index is 0.0290. The van der Waals surface area contributed by atoms with Gasteiger partial charge in [-0.3, -0.25) is 33.6 Å². The fraction of sp³-hybridized carbons (Fsp3) is 0.890. The van der Waals surface area contributed by atoms with Crippen LogP contribution < -0.4 is 31.9 Å². The van der Waals surface area contributed by atoms with Crippen LogP contribution in [0.3, 0.4) is 0 Å². The second-order valence-corrected chi connectivity index (χ2v) is 32.8. The molecule has 14 bridgehead atoms. The first-order chi connectivity index (χ1) is 58.9. The maximum Gasteiger partial charge on any atom is 0.326 e. The van der Waals surface area contributed by atoms with E-state index >= 15 is 0 Å². The van der Waals surface area contributed by atoms with E-state index in [2.05, 4.69) is 31.9 Å². The number of rotatable bonds is 29. The monoisotopic (exact) mass is 1800 g/mol. The van der Waals surface area contributed by atoms with Gasteiger partial charge in [0.25, 0.3) is 11.8 Å². The van der Waals surface area contributed by atoms with Crippen LogP contribution in [0.2, 0.25) is 0 Å². The van der Waals surface area contributed by atoms with Crippen molar-refractivity contribution in [2.75, 3.05) is 72.4 Å². The van der Waals surface area contributed by atoms with Gasteiger partial charge in [-0.2, -0.15) is 0 Å². The number of ether oxygens (including phenoxy) is 15. The molecule has 51 heteroatoms. The lowest BCUT2D eigenvalue weighted by atomic mass is 9.95. The van der Waals surface area contributed by atoms with Gasteiger partial charge >= 0.3 is 5.97 Å². The number of nitrogens with zero attached hydrogens (tertiary/aromatic N) is 1. The van der Waals surface area contributed by atoms with Crippen molar-refractivity contribution in [2.45, 2.75) is 324 Å². The zero-order valence-corrected chi connectivity index (χ0v) is 67.9. The molecule has 710 valence electrons. The van der Waals surface area contributed by atoms with E-state index in [1.165, 1.54) is 4.90 Å². The lowest BCUT2D eigenvalue weighted by Crippen LogP contribution is -2.68. The van der Waals surface area contributed by atoms with E-state index in [4.69, 9.17) is 71.1 Å². The van der Waals surface area contributed by atoms with Crippen LogP contribution >= 0.6 is 0 Å². The number of aliphatic carboxylic acids is 1. The first-order valence-electron chi connectivity index (χ1n) is 41.1. The summed E-state index contributed by atoms with van der Waals surface area (Å²) in [4.78, 5) is 106. The van der Waals surface area contributed by atoms with Crippen molar-refractivity contribution in [3.05, 3.63) is 0 Å². The number of carbonyl (C=O) groups excluding carboxylic acids is 7. The smallest absolute Gasteiger partial charge is 0.326 e. The summed E-state index contributed by atoms with van der Waals surface area (Å²) in [5.74, 6) is -6.60. The predicted molar refractivity (Wildman–Crippen MR) is 396 cm³/mol. The van der Waals surface area contributed by atoms with E-state index in [0.29, 0.717) is 6.42 Å². The van der Waals surface area contributed by atoms with Gasteiger partial charge in [0.15, 0.2) is 56.2 Å². The van der Waals surface area contributed by atoms with Gasteiger partial charge in [0, 0.05) is 26.1 Å². The molecule has 23 heterocycles. The van der Waals surface area contributed by atoms with E-state index < -0.39 is 352 Å². The van der Waals surface area contributed by atoms with Gasteiger partial charge in [0.05, 0.1) is 52.7 Å². The minimum atomic E-state index is -2.34. The standard InChI is InChI=1S/C73H119N7O44/c1-24(2)13-26(78-63(105)60-61(117-60)64(106)79-27(14-25(3)4)65(107)80-12-8-9-28(80)66(108)109)62(104)77-17-38(89)76-16-37(88)74-11-7-5-6-10-36(87)75-15-29-53-39(90)46(97)67(110-29)119-54-30(18-81)112-69(48(99)41(54)92)121-56-32(20-83)114-71(50(101)43(56)94)123-58-34(22-85)116-73(52(103)45(58)96)124-59-35(23-86)115-72(51(102)44(59)95)122-57-33(21-84)113-70(49(100)42(57)93)120-55-31(19-82)111-68(118-53)47(98)40(55)91/h24-35,39-61,67-73,81-86,90-103H,5-23H2,1-4H3,(H,74,88)(H,75,87)(H,76,89)(H,77,104)(H,78,105)(H,79,106)(H,108,109)/t26-,27-,28-,29+,30+,31+,32+,33+,34+,35+,39+,40+,41+,42+,43+,44+,45+,46+,47+,48+,49+,50+,51+,52+,53+,54+,55+,56+,57+,58+,59+,60-,61-,67+,68+,69+,70+,71+,72+,73+/m0/s1. The van der Waals surface area contributed by atoms with Crippen LogP contribution in [0.5, 0.6) is 0 Å². The molecular weight excluding hydrogens is 1680 g/mol. The number of unbranched alkanes of at least 4 members (excludes halogenated alkanes) is 2. The molecule has 0 unspecified atom stereocenters. The van der Waals surface area contributed by atoms with E-state index in [0.717, 1.165) is 0 Å². The number of epoxide rings is 1. The normalized spacial score (nSPS) is 42.0. The number of carboxylic acid groups (broad SMARTS) is 1. The molecule has 0 aliphatic carbocycles. The molecule has 0 aromatic rings. The number of carboxylic acids is 1. The highest BCUT2D eigenvalue weighted by atomic mass is 16.8. The molecule has 23 saturated heterocycles. The molecule has 0 aromatic heterocycles. The van der Waals surface area contributed by atoms with E-state index in [9.17, 15) is 146 Å². The van der Waals surface area contributed by atoms with Crippen molar-refractivity contribution in [2.24, 2.45) is 11.8 Å². The number of aliphatic hydroxyl groups excluding tert-OH is 20. The molecule has 0 saturated carbocycles. The third-order valence-corrected chi connectivity index (χ3v) is 22.9. The summed E-state index contributed by atoms with van der Waals surface area (Å²) in [6.45, 7) is -1.20. The van der Waals surface area contributed by atoms with Gasteiger partial charge < -0.3 is 215 Å². The Hall–Kier alpha value is -5.64. The van der Waals surface area contributed by atoms with Crippen LogP contribution in [-0.4, -0.2) is 477 Å². The Morgan fingerprint density at radius 2 is 0.653 bits per heavy atom. The molecule has 0 radical (unpaired) electrons. The molecule has 23 fully saturated rings. The Bertz CT molecular complexity index is 3470. The van der Waals surface area contributed by atoms with Gasteiger partial charge in [-0.25, -0.2) is 4.79 Å². The molecular formula is C73H119N7O44. The van der Waals surface area contributed by atoms with Crippen molar-refractivity contribution in [1.82, 2.24) is 36.8 Å². The van der Waals surface area contributed by atoms with E-state index in [1.807, 2.05) is 13.8 Å². The molecule has 124 heavy (non-hydrogen) atoms. The lowest BCUT2D eigenvalue weighted by molar-refractivity contribution is -0.396. The first-order valence-corrected chi connectivity index (χ1v) is 41.1. The SMILES string of the molecule is CC(C)C[C@H](NC(=O)[C@H]1O[C@@H]1C(=O)N[C@@H](CC(C)C)C(=O)N1CCC[C@H]1C(=O)O)C(=O)NCC(=O)NCC(=O)NCCCCCC(=O)NC[C@H]1O[C@@H]2O[C@H]3[C@H](O)[C@@H](O)[C@@H](O[C@H]4[C@H](O)[C@@H](O)[C@@H](O[C@H]5[C@H](O)[C@@H](O)[C@@H](O[C@H]6[C@H](O)[C@@H](O)[C@@H](O[C@H]7[C@H](O)[C@@H](O)[C@@H](O[C@H]8[C@H](O)[C@@H](O)[C@@H](O[C@H]1[C@H](O)[C@H]2O)O[C@@H]8CO)O[C@@H]7CO)O[C@@H]6CO)O[C@@H]5CO)O[C@@H]4CO)O[C@@H]3CO. The maximum absolute atomic E-state index is 13.6. The summed E-state index contributed by atoms with van der Waals surface area (Å²) in [7, 11) is 0. The van der Waals surface area contributed by atoms with Crippen LogP contribution in [0.4, 0.5) is 0 Å². The number of carbonyl (C=O) groups is 8. The molecule has 23 aliphatic heterocycles. The lowest BCUT2D eigenvalue weighted by Gasteiger charge is -2.50. The Labute approximate surface area is 707 Å². The highest BCUT2D eigenvalue weighted by Crippen LogP contribution is 2.40. The Kier molecular flexibility index (Phi) is 36.7. The zero-order valence-electron chi connectivity index (χ0n) is 67.9. The third-order valence-electron chi connectivity index (χ3n) is 22.9. The van der Waals surface area contributed by atoms with Crippen molar-refractivity contribution in [3.8, 4) is 0 Å². The average Bonchev–Trinajstić information content (AvgIpc) is 0.986. The van der Waals surface area contributed by atoms with Gasteiger partial charge in [0.1, 0.15) is 189 Å². The van der Waals surface area contributed by atoms with Crippen LogP contribution in [0.25, 0.3) is 0 Å². The molecule has 7 amide bonds.